The van der Waals surface area contributed by atoms with Crippen molar-refractivity contribution in [1.82, 2.24) is 4.98 Å². The number of anilines is 1. The monoisotopic (exact) mass is 298 g/mol. The number of amides is 1. The van der Waals surface area contributed by atoms with Crippen LogP contribution in [-0.4, -0.2) is 10.9 Å². The summed E-state index contributed by atoms with van der Waals surface area (Å²) in [5, 5.41) is 3.00. The lowest BCUT2D eigenvalue weighted by atomic mass is 10.1. The van der Waals surface area contributed by atoms with Gasteiger partial charge < -0.3 is 5.32 Å². The molecule has 0 spiro atoms. The van der Waals surface area contributed by atoms with Crippen LogP contribution in [0.5, 0.6) is 0 Å². The van der Waals surface area contributed by atoms with Crippen molar-refractivity contribution in [2.24, 2.45) is 5.92 Å². The van der Waals surface area contributed by atoms with Crippen LogP contribution in [0.1, 0.15) is 34.9 Å². The minimum Gasteiger partial charge on any atom is -0.324 e. The molecular formula is C18H19FN2O. The Balaban J connectivity index is 1.71. The molecule has 0 bridgehead atoms. The largest absolute Gasteiger partial charge is 0.324 e. The van der Waals surface area contributed by atoms with E-state index in [1.165, 1.54) is 12.1 Å². The summed E-state index contributed by atoms with van der Waals surface area (Å²) in [6, 6.07) is 8.38. The van der Waals surface area contributed by atoms with E-state index >= 15 is 0 Å². The minimum absolute atomic E-state index is 0.0196. The van der Waals surface area contributed by atoms with Crippen LogP contribution in [0.25, 0.3) is 0 Å². The van der Waals surface area contributed by atoms with E-state index in [1.54, 1.807) is 12.1 Å². The Morgan fingerprint density at radius 2 is 1.91 bits per heavy atom. The Hall–Kier alpha value is -2.23. The molecule has 3 rings (SSSR count). The molecule has 1 saturated carbocycles. The van der Waals surface area contributed by atoms with Crippen molar-refractivity contribution < 1.29 is 9.18 Å². The first kappa shape index (κ1) is 14.7. The van der Waals surface area contributed by atoms with Gasteiger partial charge in [0.15, 0.2) is 0 Å². The molecule has 0 radical (unpaired) electrons. The molecule has 1 aromatic heterocycles. The third-order valence-electron chi connectivity index (χ3n) is 4.20. The first-order valence-electron chi connectivity index (χ1n) is 7.47. The molecule has 1 aliphatic carbocycles. The van der Waals surface area contributed by atoms with E-state index in [2.05, 4.69) is 10.3 Å². The fourth-order valence-electron chi connectivity index (χ4n) is 2.99. The van der Waals surface area contributed by atoms with Gasteiger partial charge in [0.2, 0.25) is 5.91 Å². The van der Waals surface area contributed by atoms with Crippen molar-refractivity contribution in [1.29, 1.82) is 0 Å². The van der Waals surface area contributed by atoms with Crippen molar-refractivity contribution in [3.8, 4) is 0 Å². The lowest BCUT2D eigenvalue weighted by molar-refractivity contribution is -0.117. The van der Waals surface area contributed by atoms with E-state index in [0.717, 1.165) is 34.6 Å². The summed E-state index contributed by atoms with van der Waals surface area (Å²) in [4.78, 5) is 16.8. The van der Waals surface area contributed by atoms with Crippen molar-refractivity contribution >= 4 is 11.6 Å². The topological polar surface area (TPSA) is 42.0 Å². The summed E-state index contributed by atoms with van der Waals surface area (Å²) < 4.78 is 12.9. The first-order valence-corrected chi connectivity index (χ1v) is 7.47. The van der Waals surface area contributed by atoms with E-state index in [1.807, 2.05) is 26.8 Å². The van der Waals surface area contributed by atoms with Crippen LogP contribution < -0.4 is 5.32 Å². The SMILES string of the molecule is Cc1cc(C)c(NC(=O)C2CC2c2ccc(F)cc2)c(C)n1. The third-order valence-corrected chi connectivity index (χ3v) is 4.20. The number of pyridine rings is 1. The molecule has 2 aromatic rings. The zero-order chi connectivity index (χ0) is 15.9. The molecule has 4 heteroatoms. The van der Waals surface area contributed by atoms with E-state index in [-0.39, 0.29) is 23.6 Å². The maximum absolute atomic E-state index is 12.9. The second kappa shape index (κ2) is 5.52. The smallest absolute Gasteiger partial charge is 0.228 e. The van der Waals surface area contributed by atoms with Crippen LogP contribution in [0.4, 0.5) is 10.1 Å². The average Bonchev–Trinajstić information content (AvgIpc) is 3.24. The number of hydrogen-bond donors (Lipinski definition) is 1. The van der Waals surface area contributed by atoms with Crippen LogP contribution in [0, 0.1) is 32.5 Å². The zero-order valence-corrected chi connectivity index (χ0v) is 13.0. The molecule has 2 unspecified atom stereocenters. The Labute approximate surface area is 129 Å². The summed E-state index contributed by atoms with van der Waals surface area (Å²) in [5.41, 5.74) is 4.64. The Morgan fingerprint density at radius 1 is 1.23 bits per heavy atom. The Morgan fingerprint density at radius 3 is 2.55 bits per heavy atom. The van der Waals surface area contributed by atoms with Crippen molar-refractivity contribution in [2.45, 2.75) is 33.1 Å². The zero-order valence-electron chi connectivity index (χ0n) is 13.0. The van der Waals surface area contributed by atoms with Crippen LogP contribution in [-0.2, 0) is 4.79 Å². The molecule has 22 heavy (non-hydrogen) atoms. The Bertz CT molecular complexity index is 701. The van der Waals surface area contributed by atoms with Gasteiger partial charge in [0.25, 0.3) is 0 Å². The van der Waals surface area contributed by atoms with Crippen LogP contribution >= 0.6 is 0 Å². The van der Waals surface area contributed by atoms with Crippen LogP contribution in [0.15, 0.2) is 30.3 Å². The molecular weight excluding hydrogens is 279 g/mol. The van der Waals surface area contributed by atoms with Gasteiger partial charge in [0.1, 0.15) is 5.82 Å². The van der Waals surface area contributed by atoms with Gasteiger partial charge in [-0.2, -0.15) is 0 Å². The van der Waals surface area contributed by atoms with Gasteiger partial charge in [-0.1, -0.05) is 12.1 Å². The maximum Gasteiger partial charge on any atom is 0.228 e. The summed E-state index contributed by atoms with van der Waals surface area (Å²) in [6.45, 7) is 5.82. The molecule has 1 fully saturated rings. The number of aromatic nitrogens is 1. The second-order valence-corrected chi connectivity index (χ2v) is 6.03. The van der Waals surface area contributed by atoms with Gasteiger partial charge in [0, 0.05) is 11.6 Å². The number of aryl methyl sites for hydroxylation is 3. The maximum atomic E-state index is 12.9. The summed E-state index contributed by atoms with van der Waals surface area (Å²) in [5.74, 6) is -0.0706. The van der Waals surface area contributed by atoms with Crippen molar-refractivity contribution in [3.63, 3.8) is 0 Å². The average molecular weight is 298 g/mol. The molecule has 1 amide bonds. The third kappa shape index (κ3) is 2.86. The minimum atomic E-state index is -0.248. The number of rotatable bonds is 3. The first-order chi connectivity index (χ1) is 10.5. The van der Waals surface area contributed by atoms with E-state index in [9.17, 15) is 9.18 Å². The highest BCUT2D eigenvalue weighted by Crippen LogP contribution is 2.48. The van der Waals surface area contributed by atoms with E-state index in [0.29, 0.717) is 0 Å². The van der Waals surface area contributed by atoms with Gasteiger partial charge in [-0.3, -0.25) is 9.78 Å². The quantitative estimate of drug-likeness (QED) is 0.934. The molecule has 2 atom stereocenters. The van der Waals surface area contributed by atoms with Gasteiger partial charge >= 0.3 is 0 Å². The lowest BCUT2D eigenvalue weighted by Gasteiger charge is -2.12. The highest BCUT2D eigenvalue weighted by atomic mass is 19.1. The van der Waals surface area contributed by atoms with Gasteiger partial charge in [-0.05, 0) is 62.4 Å². The number of nitrogens with one attached hydrogen (secondary N) is 1. The van der Waals surface area contributed by atoms with Crippen molar-refractivity contribution in [2.75, 3.05) is 5.32 Å². The summed E-state index contributed by atoms with van der Waals surface area (Å²) in [6.07, 6.45) is 0.814. The molecule has 3 nitrogen and oxygen atoms in total. The fourth-order valence-corrected chi connectivity index (χ4v) is 2.99. The van der Waals surface area contributed by atoms with Crippen LogP contribution in [0.2, 0.25) is 0 Å². The Kier molecular flexibility index (Phi) is 3.69. The molecule has 1 heterocycles. The summed E-state index contributed by atoms with van der Waals surface area (Å²) >= 11 is 0. The van der Waals surface area contributed by atoms with Gasteiger partial charge in [0.05, 0.1) is 11.4 Å². The van der Waals surface area contributed by atoms with Gasteiger partial charge in [-0.15, -0.1) is 0 Å². The van der Waals surface area contributed by atoms with Crippen molar-refractivity contribution in [3.05, 3.63) is 58.7 Å². The van der Waals surface area contributed by atoms with E-state index < -0.39 is 0 Å². The number of benzene rings is 1. The highest BCUT2D eigenvalue weighted by Gasteiger charge is 2.44. The number of hydrogen-bond acceptors (Lipinski definition) is 2. The molecule has 1 N–H and O–H groups in total. The molecule has 1 aromatic carbocycles. The standard InChI is InChI=1S/C18H19FN2O/c1-10-8-11(2)20-12(3)17(10)21-18(22)16-9-15(16)13-4-6-14(19)7-5-13/h4-8,15-16H,9H2,1-3H3,(H,21,22). The summed E-state index contributed by atoms with van der Waals surface area (Å²) in [7, 11) is 0. The highest BCUT2D eigenvalue weighted by molar-refractivity contribution is 5.96. The van der Waals surface area contributed by atoms with E-state index in [4.69, 9.17) is 0 Å². The fraction of sp³-hybridized carbons (Fsp3) is 0.333. The molecule has 0 aliphatic heterocycles. The molecule has 0 saturated heterocycles. The number of halogens is 1. The normalized spacial score (nSPS) is 19.8. The second-order valence-electron chi connectivity index (χ2n) is 6.03. The number of carbonyl (C=O) groups excluding carboxylic acids is 1. The molecule has 114 valence electrons. The lowest BCUT2D eigenvalue weighted by Crippen LogP contribution is -2.17. The van der Waals surface area contributed by atoms with Gasteiger partial charge in [-0.25, -0.2) is 4.39 Å². The number of carbonyl (C=O) groups is 1. The van der Waals surface area contributed by atoms with Crippen LogP contribution in [0.3, 0.4) is 0 Å². The predicted molar refractivity (Wildman–Crippen MR) is 84.3 cm³/mol. The predicted octanol–water partition coefficient (Wildman–Crippen LogP) is 3.89. The number of nitrogens with zero attached hydrogens (tertiary/aromatic N) is 1. The molecule has 1 aliphatic rings.